The summed E-state index contributed by atoms with van der Waals surface area (Å²) in [4.78, 5) is 8.20. The van der Waals surface area contributed by atoms with Crippen molar-refractivity contribution in [2.75, 3.05) is 38.2 Å². The highest BCUT2D eigenvalue weighted by Crippen LogP contribution is 2.30. The van der Waals surface area contributed by atoms with Crippen LogP contribution in [-0.2, 0) is 6.18 Å². The van der Waals surface area contributed by atoms with Crippen LogP contribution in [0.15, 0.2) is 18.3 Å². The number of nitrogens with zero attached hydrogens (tertiary/aromatic N) is 3. The predicted octanol–water partition coefficient (Wildman–Crippen LogP) is 1.72. The summed E-state index contributed by atoms with van der Waals surface area (Å²) in [5.41, 5.74) is -0.711. The molecule has 0 spiro atoms. The van der Waals surface area contributed by atoms with Gasteiger partial charge in [-0.3, -0.25) is 4.90 Å². The van der Waals surface area contributed by atoms with Crippen molar-refractivity contribution in [2.45, 2.75) is 43.6 Å². The Kier molecular flexibility index (Phi) is 5.50. The first-order valence-electron chi connectivity index (χ1n) is 8.72. The van der Waals surface area contributed by atoms with E-state index in [-0.39, 0.29) is 12.6 Å². The summed E-state index contributed by atoms with van der Waals surface area (Å²) >= 11 is 0. The summed E-state index contributed by atoms with van der Waals surface area (Å²) in [5.74, 6) is 0.604. The van der Waals surface area contributed by atoms with Crippen molar-refractivity contribution in [2.24, 2.45) is 0 Å². The number of pyridine rings is 1. The number of hydrogen-bond donors (Lipinski definition) is 2. The normalized spacial score (nSPS) is 26.4. The molecule has 0 unspecified atom stereocenters. The van der Waals surface area contributed by atoms with Gasteiger partial charge in [-0.25, -0.2) is 4.98 Å². The number of likely N-dealkylation sites (tertiary alicyclic amines) is 1. The van der Waals surface area contributed by atoms with Gasteiger partial charge in [-0.2, -0.15) is 13.2 Å². The van der Waals surface area contributed by atoms with Crippen molar-refractivity contribution in [1.29, 1.82) is 0 Å². The molecule has 0 aliphatic carbocycles. The fourth-order valence-electron chi connectivity index (χ4n) is 3.76. The lowest BCUT2D eigenvalue weighted by atomic mass is 10.0. The summed E-state index contributed by atoms with van der Waals surface area (Å²) in [6, 6.07) is 3.57. The molecule has 0 amide bonds. The van der Waals surface area contributed by atoms with Gasteiger partial charge in [0.2, 0.25) is 0 Å². The summed E-state index contributed by atoms with van der Waals surface area (Å²) in [6.07, 6.45) is -0.612. The maximum absolute atomic E-state index is 12.6. The van der Waals surface area contributed by atoms with Crippen molar-refractivity contribution >= 4 is 5.82 Å². The Morgan fingerprint density at radius 3 is 2.48 bits per heavy atom. The van der Waals surface area contributed by atoms with Crippen LogP contribution in [0, 0.1) is 0 Å². The third kappa shape index (κ3) is 4.43. The number of aliphatic hydroxyl groups is 1. The Morgan fingerprint density at radius 2 is 1.96 bits per heavy atom. The Balaban J connectivity index is 1.49. The van der Waals surface area contributed by atoms with E-state index < -0.39 is 11.7 Å². The summed E-state index contributed by atoms with van der Waals surface area (Å²) in [5, 5.41) is 13.0. The lowest BCUT2D eigenvalue weighted by molar-refractivity contribution is -0.137. The number of rotatable bonds is 4. The molecule has 3 rings (SSSR count). The van der Waals surface area contributed by atoms with Crippen molar-refractivity contribution in [3.05, 3.63) is 23.9 Å². The van der Waals surface area contributed by atoms with Crippen LogP contribution in [0.25, 0.3) is 0 Å². The van der Waals surface area contributed by atoms with E-state index in [1.807, 2.05) is 11.9 Å². The van der Waals surface area contributed by atoms with Crippen LogP contribution < -0.4 is 10.2 Å². The number of aliphatic hydroxyl groups excluding tert-OH is 1. The van der Waals surface area contributed by atoms with Gasteiger partial charge in [-0.15, -0.1) is 0 Å². The minimum Gasteiger partial charge on any atom is -0.395 e. The van der Waals surface area contributed by atoms with Crippen LogP contribution in [0.5, 0.6) is 0 Å². The highest BCUT2D eigenvalue weighted by atomic mass is 19.4. The van der Waals surface area contributed by atoms with E-state index >= 15 is 0 Å². The van der Waals surface area contributed by atoms with Crippen LogP contribution in [0.2, 0.25) is 0 Å². The second-order valence-corrected chi connectivity index (χ2v) is 7.04. The monoisotopic (exact) mass is 358 g/mol. The summed E-state index contributed by atoms with van der Waals surface area (Å²) in [7, 11) is 2.03. The highest BCUT2D eigenvalue weighted by Gasteiger charge is 2.32. The standard InChI is InChI=1S/C17H25F3N4O/c1-23-10-14(8-15(23)11-25)22-13-4-6-24(7-5-13)16-3-2-12(9-21-16)17(18,19)20/h2-3,9,13-15,22,25H,4-8,10-11H2,1H3/t14-,15+/m1/s1. The van der Waals surface area contributed by atoms with E-state index in [0.29, 0.717) is 17.9 Å². The molecule has 2 aliphatic heterocycles. The van der Waals surface area contributed by atoms with Gasteiger partial charge in [-0.1, -0.05) is 0 Å². The van der Waals surface area contributed by atoms with Crippen LogP contribution in [-0.4, -0.2) is 66.4 Å². The molecule has 8 heteroatoms. The third-order valence-corrected chi connectivity index (χ3v) is 5.26. The second kappa shape index (κ2) is 7.47. The van der Waals surface area contributed by atoms with Crippen LogP contribution in [0.1, 0.15) is 24.8 Å². The van der Waals surface area contributed by atoms with Gasteiger partial charge in [0.15, 0.2) is 0 Å². The molecule has 1 aromatic rings. The largest absolute Gasteiger partial charge is 0.417 e. The minimum absolute atomic E-state index is 0.187. The van der Waals surface area contributed by atoms with Crippen molar-refractivity contribution in [1.82, 2.24) is 15.2 Å². The number of halogens is 3. The van der Waals surface area contributed by atoms with Crippen molar-refractivity contribution in [3.63, 3.8) is 0 Å². The average Bonchev–Trinajstić information content (AvgIpc) is 2.94. The second-order valence-electron chi connectivity index (χ2n) is 7.04. The third-order valence-electron chi connectivity index (χ3n) is 5.26. The number of alkyl halides is 3. The molecule has 1 aromatic heterocycles. The highest BCUT2D eigenvalue weighted by molar-refractivity contribution is 5.40. The Hall–Kier alpha value is -1.38. The SMILES string of the molecule is CN1C[C@H](NC2CCN(c3ccc(C(F)(F)F)cn3)CC2)C[C@H]1CO. The first-order chi connectivity index (χ1) is 11.9. The van der Waals surface area contributed by atoms with E-state index in [1.54, 1.807) is 0 Å². The molecule has 2 fully saturated rings. The first-order valence-corrected chi connectivity index (χ1v) is 8.72. The van der Waals surface area contributed by atoms with Crippen LogP contribution >= 0.6 is 0 Å². The zero-order chi connectivity index (χ0) is 18.0. The molecule has 3 heterocycles. The molecule has 0 radical (unpaired) electrons. The predicted molar refractivity (Wildman–Crippen MR) is 89.5 cm³/mol. The molecule has 2 N–H and O–H groups in total. The smallest absolute Gasteiger partial charge is 0.395 e. The lowest BCUT2D eigenvalue weighted by Gasteiger charge is -2.34. The maximum atomic E-state index is 12.6. The molecule has 0 saturated carbocycles. The number of hydrogen-bond acceptors (Lipinski definition) is 5. The van der Waals surface area contributed by atoms with E-state index in [2.05, 4.69) is 15.2 Å². The van der Waals surface area contributed by atoms with Gasteiger partial charge in [0, 0.05) is 44.0 Å². The van der Waals surface area contributed by atoms with Gasteiger partial charge < -0.3 is 15.3 Å². The molecule has 25 heavy (non-hydrogen) atoms. The molecule has 5 nitrogen and oxygen atoms in total. The lowest BCUT2D eigenvalue weighted by Crippen LogP contribution is -2.47. The van der Waals surface area contributed by atoms with Crippen molar-refractivity contribution in [3.8, 4) is 0 Å². The Morgan fingerprint density at radius 1 is 1.24 bits per heavy atom. The number of anilines is 1. The Bertz CT molecular complexity index is 558. The molecule has 0 aromatic carbocycles. The van der Waals surface area contributed by atoms with Gasteiger partial charge in [0.1, 0.15) is 5.82 Å². The molecule has 2 aliphatic rings. The topological polar surface area (TPSA) is 51.6 Å². The van der Waals surface area contributed by atoms with Crippen LogP contribution in [0.4, 0.5) is 19.0 Å². The summed E-state index contributed by atoms with van der Waals surface area (Å²) in [6.45, 7) is 2.68. The molecular formula is C17H25F3N4O. The van der Waals surface area contributed by atoms with Gasteiger partial charge in [0.05, 0.1) is 12.2 Å². The van der Waals surface area contributed by atoms with E-state index in [4.69, 9.17) is 0 Å². The quantitative estimate of drug-likeness (QED) is 0.859. The average molecular weight is 358 g/mol. The zero-order valence-electron chi connectivity index (χ0n) is 14.3. The number of aromatic nitrogens is 1. The van der Waals surface area contributed by atoms with E-state index in [0.717, 1.165) is 51.2 Å². The van der Waals surface area contributed by atoms with E-state index in [9.17, 15) is 18.3 Å². The maximum Gasteiger partial charge on any atom is 0.417 e. The molecule has 2 saturated heterocycles. The fourth-order valence-corrected chi connectivity index (χ4v) is 3.76. The van der Waals surface area contributed by atoms with Gasteiger partial charge in [-0.05, 0) is 38.4 Å². The molecular weight excluding hydrogens is 333 g/mol. The minimum atomic E-state index is -4.34. The fraction of sp³-hybridized carbons (Fsp3) is 0.706. The number of nitrogens with one attached hydrogen (secondary N) is 1. The number of likely N-dealkylation sites (N-methyl/N-ethyl adjacent to an activating group) is 1. The Labute approximate surface area is 145 Å². The van der Waals surface area contributed by atoms with Crippen LogP contribution in [0.3, 0.4) is 0 Å². The number of piperidine rings is 1. The molecule has 2 atom stereocenters. The molecule has 0 bridgehead atoms. The van der Waals surface area contributed by atoms with E-state index in [1.165, 1.54) is 6.07 Å². The van der Waals surface area contributed by atoms with Gasteiger partial charge in [0.25, 0.3) is 0 Å². The zero-order valence-corrected chi connectivity index (χ0v) is 14.3. The van der Waals surface area contributed by atoms with Crippen molar-refractivity contribution < 1.29 is 18.3 Å². The summed E-state index contributed by atoms with van der Waals surface area (Å²) < 4.78 is 37.8. The first kappa shape index (κ1) is 18.4. The molecule has 140 valence electrons. The van der Waals surface area contributed by atoms with Gasteiger partial charge >= 0.3 is 6.18 Å².